The molecule has 0 unspecified atom stereocenters. The van der Waals surface area contributed by atoms with Crippen LogP contribution in [0.5, 0.6) is 5.75 Å². The van der Waals surface area contributed by atoms with E-state index in [1.54, 1.807) is 20.5 Å². The summed E-state index contributed by atoms with van der Waals surface area (Å²) in [5.74, 6) is 0.748. The first-order valence-corrected chi connectivity index (χ1v) is 8.66. The second-order valence-corrected chi connectivity index (χ2v) is 6.76. The largest absolute Gasteiger partial charge is 0.497 e. The van der Waals surface area contributed by atoms with Crippen molar-refractivity contribution in [3.8, 4) is 5.75 Å². The minimum absolute atomic E-state index is 0. The molecule has 2 N–H and O–H groups in total. The Bertz CT molecular complexity index is 720. The van der Waals surface area contributed by atoms with Gasteiger partial charge in [0.15, 0.2) is 0 Å². The second kappa shape index (κ2) is 9.26. The van der Waals surface area contributed by atoms with Crippen LogP contribution in [0.4, 0.5) is 0 Å². The van der Waals surface area contributed by atoms with E-state index in [2.05, 4.69) is 10.6 Å². The van der Waals surface area contributed by atoms with Crippen molar-refractivity contribution in [1.82, 2.24) is 10.6 Å². The summed E-state index contributed by atoms with van der Waals surface area (Å²) in [6.07, 6.45) is 3.98. The lowest BCUT2D eigenvalue weighted by Gasteiger charge is -2.37. The molecule has 0 radical (unpaired) electrons. The number of carbonyl (C=O) groups excluding carboxylic acids is 1. The summed E-state index contributed by atoms with van der Waals surface area (Å²) in [7, 11) is 3.34. The summed E-state index contributed by atoms with van der Waals surface area (Å²) in [5, 5.41) is 7.40. The van der Waals surface area contributed by atoms with Gasteiger partial charge in [0, 0.05) is 36.1 Å². The quantitative estimate of drug-likeness (QED) is 0.769. The van der Waals surface area contributed by atoms with Crippen LogP contribution >= 0.6 is 12.4 Å². The van der Waals surface area contributed by atoms with Crippen molar-refractivity contribution in [2.24, 2.45) is 5.41 Å². The van der Waals surface area contributed by atoms with E-state index in [-0.39, 0.29) is 23.7 Å². The molecule has 1 fully saturated rings. The summed E-state index contributed by atoms with van der Waals surface area (Å²) < 4.78 is 16.1. The van der Waals surface area contributed by atoms with Gasteiger partial charge in [0.25, 0.3) is 0 Å². The predicted molar refractivity (Wildman–Crippen MR) is 103 cm³/mol. The van der Waals surface area contributed by atoms with Crippen LogP contribution in [0.1, 0.15) is 18.4 Å². The van der Waals surface area contributed by atoms with Crippen molar-refractivity contribution in [3.05, 3.63) is 30.0 Å². The number of benzene rings is 1. The lowest BCUT2D eigenvalue weighted by molar-refractivity contribution is -0.121. The van der Waals surface area contributed by atoms with E-state index >= 15 is 0 Å². The van der Waals surface area contributed by atoms with E-state index in [9.17, 15) is 4.79 Å². The fourth-order valence-corrected chi connectivity index (χ4v) is 3.48. The SMILES string of the molecule is COCC1(CNC(=O)Cc2coc3cc(OC)ccc23)CCNCC1.Cl. The van der Waals surface area contributed by atoms with Gasteiger partial charge in [-0.05, 0) is 38.1 Å². The Balaban J connectivity index is 0.00000243. The predicted octanol–water partition coefficient (Wildman–Crippen LogP) is 2.54. The smallest absolute Gasteiger partial charge is 0.224 e. The molecule has 0 atom stereocenters. The summed E-state index contributed by atoms with van der Waals surface area (Å²) in [6, 6.07) is 5.64. The molecule has 0 bridgehead atoms. The van der Waals surface area contributed by atoms with Gasteiger partial charge in [-0.25, -0.2) is 0 Å². The van der Waals surface area contributed by atoms with Gasteiger partial charge in [-0.3, -0.25) is 4.79 Å². The molecular weight excluding hydrogens is 356 g/mol. The topological polar surface area (TPSA) is 72.7 Å². The zero-order valence-corrected chi connectivity index (χ0v) is 16.1. The van der Waals surface area contributed by atoms with Crippen LogP contribution < -0.4 is 15.4 Å². The van der Waals surface area contributed by atoms with Gasteiger partial charge in [0.1, 0.15) is 11.3 Å². The van der Waals surface area contributed by atoms with Crippen LogP contribution in [0.25, 0.3) is 11.0 Å². The Labute approximate surface area is 160 Å². The van der Waals surface area contributed by atoms with Gasteiger partial charge in [-0.15, -0.1) is 12.4 Å². The molecule has 0 spiro atoms. The Morgan fingerprint density at radius 2 is 2.08 bits per heavy atom. The van der Waals surface area contributed by atoms with E-state index < -0.39 is 0 Å². The zero-order valence-electron chi connectivity index (χ0n) is 15.3. The lowest BCUT2D eigenvalue weighted by Crippen LogP contribution is -2.47. The number of furan rings is 1. The molecule has 26 heavy (non-hydrogen) atoms. The van der Waals surface area contributed by atoms with Crippen LogP contribution in [0.3, 0.4) is 0 Å². The van der Waals surface area contributed by atoms with Crippen LogP contribution in [-0.2, 0) is 16.0 Å². The standard InChI is InChI=1S/C19H26N2O4.ClH/c1-23-13-19(5-7-20-8-6-19)12-21-18(22)9-14-11-25-17-10-15(24-2)3-4-16(14)17;/h3-4,10-11,20H,5-9,12-13H2,1-2H3,(H,21,22);1H. The average Bonchev–Trinajstić information content (AvgIpc) is 3.03. The third-order valence-corrected chi connectivity index (χ3v) is 4.99. The molecule has 6 nitrogen and oxygen atoms in total. The normalized spacial score (nSPS) is 16.1. The number of fused-ring (bicyclic) bond motifs is 1. The number of nitrogens with one attached hydrogen (secondary N) is 2. The minimum atomic E-state index is 0. The van der Waals surface area contributed by atoms with Gasteiger partial charge < -0.3 is 24.5 Å². The van der Waals surface area contributed by atoms with E-state index in [1.807, 2.05) is 18.2 Å². The molecule has 3 rings (SSSR count). The van der Waals surface area contributed by atoms with Gasteiger partial charge in [0.05, 0.1) is 26.4 Å². The van der Waals surface area contributed by atoms with Gasteiger partial charge in [-0.1, -0.05) is 0 Å². The van der Waals surface area contributed by atoms with Crippen LogP contribution in [-0.4, -0.2) is 46.4 Å². The third kappa shape index (κ3) is 4.69. The number of piperidine rings is 1. The van der Waals surface area contributed by atoms with Crippen molar-refractivity contribution in [1.29, 1.82) is 0 Å². The number of ether oxygens (including phenoxy) is 2. The highest BCUT2D eigenvalue weighted by molar-refractivity contribution is 5.88. The first-order valence-electron chi connectivity index (χ1n) is 8.66. The second-order valence-electron chi connectivity index (χ2n) is 6.76. The molecule has 1 saturated heterocycles. The van der Waals surface area contributed by atoms with Crippen molar-refractivity contribution < 1.29 is 18.7 Å². The highest BCUT2D eigenvalue weighted by atomic mass is 35.5. The van der Waals surface area contributed by atoms with Crippen molar-refractivity contribution >= 4 is 29.3 Å². The van der Waals surface area contributed by atoms with Gasteiger partial charge in [0.2, 0.25) is 5.91 Å². The number of amides is 1. The first-order chi connectivity index (χ1) is 12.2. The van der Waals surface area contributed by atoms with E-state index in [0.29, 0.717) is 19.6 Å². The van der Waals surface area contributed by atoms with E-state index in [4.69, 9.17) is 13.9 Å². The van der Waals surface area contributed by atoms with Crippen molar-refractivity contribution in [2.75, 3.05) is 40.5 Å². The third-order valence-electron chi connectivity index (χ3n) is 4.99. The highest BCUT2D eigenvalue weighted by Gasteiger charge is 2.32. The fraction of sp³-hybridized carbons (Fsp3) is 0.526. The zero-order chi connectivity index (χ0) is 17.7. The molecule has 0 aliphatic carbocycles. The summed E-state index contributed by atoms with van der Waals surface area (Å²) >= 11 is 0. The van der Waals surface area contributed by atoms with Gasteiger partial charge >= 0.3 is 0 Å². The van der Waals surface area contributed by atoms with Crippen molar-refractivity contribution in [2.45, 2.75) is 19.3 Å². The minimum Gasteiger partial charge on any atom is -0.497 e. The molecule has 144 valence electrons. The number of halogens is 1. The van der Waals surface area contributed by atoms with Crippen LogP contribution in [0.2, 0.25) is 0 Å². The maximum Gasteiger partial charge on any atom is 0.224 e. The molecular formula is C19H27ClN2O4. The average molecular weight is 383 g/mol. The number of hydrogen-bond acceptors (Lipinski definition) is 5. The van der Waals surface area contributed by atoms with E-state index in [0.717, 1.165) is 48.2 Å². The Kier molecular flexibility index (Phi) is 7.32. The van der Waals surface area contributed by atoms with Crippen molar-refractivity contribution in [3.63, 3.8) is 0 Å². The summed E-state index contributed by atoms with van der Waals surface area (Å²) in [5.41, 5.74) is 1.65. The summed E-state index contributed by atoms with van der Waals surface area (Å²) in [4.78, 5) is 12.4. The molecule has 1 aromatic heterocycles. The molecule has 1 aliphatic rings. The number of hydrogen-bond donors (Lipinski definition) is 2. The first kappa shape index (κ1) is 20.6. The number of methoxy groups -OCH3 is 2. The van der Waals surface area contributed by atoms with Crippen LogP contribution in [0, 0.1) is 5.41 Å². The van der Waals surface area contributed by atoms with Gasteiger partial charge in [-0.2, -0.15) is 0 Å². The van der Waals surface area contributed by atoms with Crippen LogP contribution in [0.15, 0.2) is 28.9 Å². The Hall–Kier alpha value is -1.76. The molecule has 1 aliphatic heterocycles. The monoisotopic (exact) mass is 382 g/mol. The molecule has 2 aromatic rings. The molecule has 0 saturated carbocycles. The maximum atomic E-state index is 12.4. The Morgan fingerprint density at radius 1 is 1.31 bits per heavy atom. The Morgan fingerprint density at radius 3 is 2.77 bits per heavy atom. The molecule has 1 amide bonds. The highest BCUT2D eigenvalue weighted by Crippen LogP contribution is 2.29. The number of rotatable bonds is 7. The number of carbonyl (C=O) groups is 1. The fourth-order valence-electron chi connectivity index (χ4n) is 3.48. The molecule has 2 heterocycles. The molecule has 7 heteroatoms. The van der Waals surface area contributed by atoms with E-state index in [1.165, 1.54) is 0 Å². The molecule has 1 aromatic carbocycles. The lowest BCUT2D eigenvalue weighted by atomic mass is 9.79. The maximum absolute atomic E-state index is 12.4. The summed E-state index contributed by atoms with van der Waals surface area (Å²) in [6.45, 7) is 3.25.